The first kappa shape index (κ1) is 14.4. The fourth-order valence-electron chi connectivity index (χ4n) is 1.31. The lowest BCUT2D eigenvalue weighted by Crippen LogP contribution is -2.33. The van der Waals surface area contributed by atoms with E-state index in [4.69, 9.17) is 5.73 Å². The summed E-state index contributed by atoms with van der Waals surface area (Å²) >= 11 is 0. The Bertz CT molecular complexity index is 188. The SMILES string of the molecule is CC(C)CCCNC(=O)CC(C)(C)CN. The van der Waals surface area contributed by atoms with Crippen molar-refractivity contribution in [1.82, 2.24) is 5.32 Å². The molecule has 3 N–H and O–H groups in total. The topological polar surface area (TPSA) is 55.1 Å². The van der Waals surface area contributed by atoms with Crippen molar-refractivity contribution < 1.29 is 4.79 Å². The highest BCUT2D eigenvalue weighted by Gasteiger charge is 2.19. The standard InChI is InChI=1S/C12H26N2O/c1-10(2)6-5-7-14-11(15)8-12(3,4)9-13/h10H,5-9,13H2,1-4H3,(H,14,15). The van der Waals surface area contributed by atoms with E-state index in [1.165, 1.54) is 6.42 Å². The van der Waals surface area contributed by atoms with E-state index in [0.29, 0.717) is 18.9 Å². The molecule has 0 aromatic rings. The van der Waals surface area contributed by atoms with Crippen LogP contribution in [0.25, 0.3) is 0 Å². The zero-order valence-corrected chi connectivity index (χ0v) is 10.6. The first-order valence-corrected chi connectivity index (χ1v) is 5.84. The third kappa shape index (κ3) is 8.43. The summed E-state index contributed by atoms with van der Waals surface area (Å²) in [7, 11) is 0. The normalized spacial score (nSPS) is 11.9. The van der Waals surface area contributed by atoms with Crippen molar-refractivity contribution in [1.29, 1.82) is 0 Å². The molecule has 1 amide bonds. The Balaban J connectivity index is 3.58. The van der Waals surface area contributed by atoms with Crippen LogP contribution in [-0.4, -0.2) is 19.0 Å². The average Bonchev–Trinajstić information content (AvgIpc) is 2.11. The third-order valence-electron chi connectivity index (χ3n) is 2.47. The summed E-state index contributed by atoms with van der Waals surface area (Å²) in [6.07, 6.45) is 2.75. The van der Waals surface area contributed by atoms with E-state index in [1.54, 1.807) is 0 Å². The second kappa shape index (κ2) is 6.83. The van der Waals surface area contributed by atoms with Crippen LogP contribution < -0.4 is 11.1 Å². The van der Waals surface area contributed by atoms with Crippen molar-refractivity contribution in [2.75, 3.05) is 13.1 Å². The minimum atomic E-state index is -0.0812. The van der Waals surface area contributed by atoms with Crippen molar-refractivity contribution in [3.05, 3.63) is 0 Å². The van der Waals surface area contributed by atoms with Crippen LogP contribution in [0.5, 0.6) is 0 Å². The molecule has 0 aliphatic heterocycles. The minimum absolute atomic E-state index is 0.0812. The largest absolute Gasteiger partial charge is 0.356 e. The Morgan fingerprint density at radius 3 is 2.47 bits per heavy atom. The fraction of sp³-hybridized carbons (Fsp3) is 0.917. The maximum Gasteiger partial charge on any atom is 0.220 e. The number of hydrogen-bond donors (Lipinski definition) is 2. The highest BCUT2D eigenvalue weighted by atomic mass is 16.1. The van der Waals surface area contributed by atoms with Gasteiger partial charge in [0.05, 0.1) is 0 Å². The number of nitrogens with one attached hydrogen (secondary N) is 1. The number of rotatable bonds is 7. The molecule has 0 spiro atoms. The van der Waals surface area contributed by atoms with E-state index in [0.717, 1.165) is 13.0 Å². The monoisotopic (exact) mass is 214 g/mol. The van der Waals surface area contributed by atoms with Crippen molar-refractivity contribution in [3.8, 4) is 0 Å². The van der Waals surface area contributed by atoms with Gasteiger partial charge >= 0.3 is 0 Å². The highest BCUT2D eigenvalue weighted by Crippen LogP contribution is 2.17. The van der Waals surface area contributed by atoms with Gasteiger partial charge in [-0.05, 0) is 30.7 Å². The summed E-state index contributed by atoms with van der Waals surface area (Å²) in [5.41, 5.74) is 5.49. The number of hydrogen-bond acceptors (Lipinski definition) is 2. The van der Waals surface area contributed by atoms with Gasteiger partial charge in [0.2, 0.25) is 5.91 Å². The molecule has 0 saturated heterocycles. The maximum atomic E-state index is 11.5. The Kier molecular flexibility index (Phi) is 6.57. The van der Waals surface area contributed by atoms with Crippen molar-refractivity contribution >= 4 is 5.91 Å². The zero-order valence-electron chi connectivity index (χ0n) is 10.6. The molecule has 0 aliphatic rings. The second-order valence-electron chi connectivity index (χ2n) is 5.43. The van der Waals surface area contributed by atoms with E-state index in [9.17, 15) is 4.79 Å². The van der Waals surface area contributed by atoms with E-state index in [2.05, 4.69) is 19.2 Å². The summed E-state index contributed by atoms with van der Waals surface area (Å²) in [5, 5.41) is 2.93. The van der Waals surface area contributed by atoms with Crippen molar-refractivity contribution in [2.24, 2.45) is 17.1 Å². The quantitative estimate of drug-likeness (QED) is 0.636. The molecule has 15 heavy (non-hydrogen) atoms. The number of amides is 1. The minimum Gasteiger partial charge on any atom is -0.356 e. The molecule has 0 saturated carbocycles. The van der Waals surface area contributed by atoms with E-state index < -0.39 is 0 Å². The molecule has 0 heterocycles. The summed E-state index contributed by atoms with van der Waals surface area (Å²) in [6.45, 7) is 9.75. The molecule has 90 valence electrons. The van der Waals surface area contributed by atoms with Crippen molar-refractivity contribution in [3.63, 3.8) is 0 Å². The molecule has 3 nitrogen and oxygen atoms in total. The molecule has 0 bridgehead atoms. The van der Waals surface area contributed by atoms with Gasteiger partial charge in [-0.3, -0.25) is 4.79 Å². The van der Waals surface area contributed by atoms with E-state index >= 15 is 0 Å². The van der Waals surface area contributed by atoms with Gasteiger partial charge < -0.3 is 11.1 Å². The summed E-state index contributed by atoms with van der Waals surface area (Å²) in [5.74, 6) is 0.830. The van der Waals surface area contributed by atoms with Gasteiger partial charge in [-0.25, -0.2) is 0 Å². The average molecular weight is 214 g/mol. The van der Waals surface area contributed by atoms with Crippen LogP contribution in [0.15, 0.2) is 0 Å². The zero-order chi connectivity index (χ0) is 11.9. The van der Waals surface area contributed by atoms with Gasteiger partial charge in [-0.1, -0.05) is 27.7 Å². The summed E-state index contributed by atoms with van der Waals surface area (Å²) in [4.78, 5) is 11.5. The van der Waals surface area contributed by atoms with Gasteiger partial charge in [0, 0.05) is 13.0 Å². The van der Waals surface area contributed by atoms with Crippen LogP contribution in [-0.2, 0) is 4.79 Å². The summed E-state index contributed by atoms with van der Waals surface area (Å²) in [6, 6.07) is 0. The van der Waals surface area contributed by atoms with Gasteiger partial charge in [-0.2, -0.15) is 0 Å². The number of nitrogens with two attached hydrogens (primary N) is 1. The third-order valence-corrected chi connectivity index (χ3v) is 2.47. The van der Waals surface area contributed by atoms with Gasteiger partial charge in [-0.15, -0.1) is 0 Å². The van der Waals surface area contributed by atoms with Gasteiger partial charge in [0.25, 0.3) is 0 Å². The Morgan fingerprint density at radius 2 is 2.00 bits per heavy atom. The van der Waals surface area contributed by atoms with E-state index in [-0.39, 0.29) is 11.3 Å². The van der Waals surface area contributed by atoms with Crippen LogP contribution in [0.4, 0.5) is 0 Å². The van der Waals surface area contributed by atoms with Crippen molar-refractivity contribution in [2.45, 2.75) is 47.0 Å². The van der Waals surface area contributed by atoms with Crippen LogP contribution in [0.2, 0.25) is 0 Å². The molecule has 0 unspecified atom stereocenters. The van der Waals surface area contributed by atoms with Crippen LogP contribution in [0.3, 0.4) is 0 Å². The summed E-state index contributed by atoms with van der Waals surface area (Å²) < 4.78 is 0. The first-order chi connectivity index (χ1) is 6.87. The fourth-order valence-corrected chi connectivity index (χ4v) is 1.31. The maximum absolute atomic E-state index is 11.5. The first-order valence-electron chi connectivity index (χ1n) is 5.84. The van der Waals surface area contributed by atoms with Crippen LogP contribution >= 0.6 is 0 Å². The Hall–Kier alpha value is -0.570. The highest BCUT2D eigenvalue weighted by molar-refractivity contribution is 5.76. The molecule has 3 heteroatoms. The molecule has 0 aromatic heterocycles. The van der Waals surface area contributed by atoms with Gasteiger partial charge in [0.1, 0.15) is 0 Å². The molecule has 0 atom stereocenters. The number of carbonyl (C=O) groups excluding carboxylic acids is 1. The van der Waals surface area contributed by atoms with Crippen LogP contribution in [0, 0.1) is 11.3 Å². The molecular weight excluding hydrogens is 188 g/mol. The number of carbonyl (C=O) groups is 1. The van der Waals surface area contributed by atoms with Crippen LogP contribution in [0.1, 0.15) is 47.0 Å². The Labute approximate surface area is 93.8 Å². The lowest BCUT2D eigenvalue weighted by molar-refractivity contribution is -0.122. The lowest BCUT2D eigenvalue weighted by atomic mass is 9.89. The Morgan fingerprint density at radius 1 is 1.40 bits per heavy atom. The second-order valence-corrected chi connectivity index (χ2v) is 5.43. The molecule has 0 rings (SSSR count). The molecule has 0 radical (unpaired) electrons. The molecule has 0 aromatic carbocycles. The predicted octanol–water partition coefficient (Wildman–Crippen LogP) is 1.91. The predicted molar refractivity (Wildman–Crippen MR) is 64.5 cm³/mol. The lowest BCUT2D eigenvalue weighted by Gasteiger charge is -2.21. The molecule has 0 aliphatic carbocycles. The molecule has 0 fully saturated rings. The van der Waals surface area contributed by atoms with Gasteiger partial charge in [0.15, 0.2) is 0 Å². The smallest absolute Gasteiger partial charge is 0.220 e. The molecular formula is C12H26N2O. The van der Waals surface area contributed by atoms with E-state index in [1.807, 2.05) is 13.8 Å².